The van der Waals surface area contributed by atoms with Crippen LogP contribution in [-0.4, -0.2) is 24.1 Å². The van der Waals surface area contributed by atoms with E-state index in [4.69, 9.17) is 23.2 Å². The Hall–Kier alpha value is 0.110. The predicted octanol–water partition coefficient (Wildman–Crippen LogP) is 4.02. The molecule has 1 aliphatic heterocycles. The summed E-state index contributed by atoms with van der Waals surface area (Å²) in [5.41, 5.74) is 1.14. The van der Waals surface area contributed by atoms with Crippen LogP contribution < -0.4 is 5.32 Å². The van der Waals surface area contributed by atoms with Crippen molar-refractivity contribution in [2.24, 2.45) is 0 Å². The van der Waals surface area contributed by atoms with Crippen LogP contribution in [0.1, 0.15) is 18.4 Å². The average Bonchev–Trinajstić information content (AvgIpc) is 2.85. The molecular formula is C13H17Cl2NS. The van der Waals surface area contributed by atoms with Crippen LogP contribution in [0.5, 0.6) is 0 Å². The molecule has 1 aromatic rings. The highest BCUT2D eigenvalue weighted by atomic mass is 35.5. The first-order valence-electron chi connectivity index (χ1n) is 5.94. The lowest BCUT2D eigenvalue weighted by molar-refractivity contribution is 0.524. The third-order valence-electron chi connectivity index (χ3n) is 3.26. The van der Waals surface area contributed by atoms with Crippen molar-refractivity contribution in [2.45, 2.75) is 30.6 Å². The summed E-state index contributed by atoms with van der Waals surface area (Å²) in [5, 5.41) is 5.48. The lowest BCUT2D eigenvalue weighted by atomic mass is 10.0. The molecule has 0 radical (unpaired) electrons. The van der Waals surface area contributed by atoms with E-state index in [9.17, 15) is 0 Å². The third-order valence-corrected chi connectivity index (χ3v) is 5.63. The Morgan fingerprint density at radius 2 is 2.29 bits per heavy atom. The standard InChI is InChI=1S/C13H17Cl2NS/c1-16-11(12-6-3-7-17-12)8-9-4-2-5-10(14)13(9)15/h2,4-5,11-12,16H,3,6-8H2,1H3. The van der Waals surface area contributed by atoms with Crippen molar-refractivity contribution in [3.05, 3.63) is 33.8 Å². The molecule has 1 heterocycles. The van der Waals surface area contributed by atoms with Crippen LogP contribution in [0.3, 0.4) is 0 Å². The van der Waals surface area contributed by atoms with E-state index in [1.54, 1.807) is 0 Å². The van der Waals surface area contributed by atoms with Crippen molar-refractivity contribution in [3.63, 3.8) is 0 Å². The lowest BCUT2D eigenvalue weighted by Crippen LogP contribution is -2.36. The molecule has 94 valence electrons. The Kier molecular flexibility index (Phi) is 5.04. The number of rotatable bonds is 4. The summed E-state index contributed by atoms with van der Waals surface area (Å²) in [4.78, 5) is 0. The fourth-order valence-electron chi connectivity index (χ4n) is 2.28. The van der Waals surface area contributed by atoms with Gasteiger partial charge in [0.15, 0.2) is 0 Å². The molecule has 0 amide bonds. The van der Waals surface area contributed by atoms with Gasteiger partial charge in [0, 0.05) is 11.3 Å². The van der Waals surface area contributed by atoms with E-state index in [2.05, 4.69) is 23.1 Å². The van der Waals surface area contributed by atoms with Gasteiger partial charge in [0.25, 0.3) is 0 Å². The Morgan fingerprint density at radius 3 is 2.94 bits per heavy atom. The van der Waals surface area contributed by atoms with Gasteiger partial charge in [0.05, 0.1) is 10.0 Å². The maximum Gasteiger partial charge on any atom is 0.0624 e. The van der Waals surface area contributed by atoms with Crippen LogP contribution in [-0.2, 0) is 6.42 Å². The molecule has 1 fully saturated rings. The molecule has 1 saturated heterocycles. The average molecular weight is 290 g/mol. The summed E-state index contributed by atoms with van der Waals surface area (Å²) in [7, 11) is 2.03. The van der Waals surface area contributed by atoms with Crippen molar-refractivity contribution in [1.29, 1.82) is 0 Å². The first-order valence-corrected chi connectivity index (χ1v) is 7.74. The summed E-state index contributed by atoms with van der Waals surface area (Å²) >= 11 is 14.3. The summed E-state index contributed by atoms with van der Waals surface area (Å²) in [5.74, 6) is 1.28. The number of hydrogen-bond donors (Lipinski definition) is 1. The minimum Gasteiger partial charge on any atom is -0.316 e. The van der Waals surface area contributed by atoms with Gasteiger partial charge in [-0.1, -0.05) is 35.3 Å². The molecule has 1 N–H and O–H groups in total. The molecule has 2 unspecified atom stereocenters. The van der Waals surface area contributed by atoms with Gasteiger partial charge in [-0.15, -0.1) is 0 Å². The van der Waals surface area contributed by atoms with Crippen molar-refractivity contribution in [1.82, 2.24) is 5.32 Å². The maximum absolute atomic E-state index is 6.23. The van der Waals surface area contributed by atoms with Crippen molar-refractivity contribution >= 4 is 35.0 Å². The quantitative estimate of drug-likeness (QED) is 0.899. The summed E-state index contributed by atoms with van der Waals surface area (Å²) in [6.45, 7) is 0. The van der Waals surface area contributed by atoms with Crippen LogP contribution in [0, 0.1) is 0 Å². The number of benzene rings is 1. The van der Waals surface area contributed by atoms with E-state index < -0.39 is 0 Å². The Balaban J connectivity index is 2.09. The van der Waals surface area contributed by atoms with E-state index in [-0.39, 0.29) is 0 Å². The van der Waals surface area contributed by atoms with E-state index in [1.807, 2.05) is 19.2 Å². The minimum atomic E-state index is 0.485. The van der Waals surface area contributed by atoms with Crippen LogP contribution in [0.25, 0.3) is 0 Å². The molecule has 0 spiro atoms. The van der Waals surface area contributed by atoms with Gasteiger partial charge in [0.2, 0.25) is 0 Å². The largest absolute Gasteiger partial charge is 0.316 e. The minimum absolute atomic E-state index is 0.485. The molecule has 2 rings (SSSR count). The molecule has 1 aromatic carbocycles. The van der Waals surface area contributed by atoms with Gasteiger partial charge < -0.3 is 5.32 Å². The number of thioether (sulfide) groups is 1. The Labute approximate surface area is 117 Å². The first-order chi connectivity index (χ1) is 8.22. The molecule has 0 bridgehead atoms. The van der Waals surface area contributed by atoms with E-state index in [1.165, 1.54) is 18.6 Å². The maximum atomic E-state index is 6.23. The van der Waals surface area contributed by atoms with Crippen molar-refractivity contribution in [3.8, 4) is 0 Å². The van der Waals surface area contributed by atoms with E-state index >= 15 is 0 Å². The molecule has 0 saturated carbocycles. The van der Waals surface area contributed by atoms with Gasteiger partial charge in [-0.25, -0.2) is 0 Å². The SMILES string of the molecule is CNC(Cc1cccc(Cl)c1Cl)C1CCCS1. The Bertz CT molecular complexity index is 378. The second-order valence-electron chi connectivity index (χ2n) is 4.36. The van der Waals surface area contributed by atoms with Gasteiger partial charge in [-0.3, -0.25) is 0 Å². The highest BCUT2D eigenvalue weighted by Gasteiger charge is 2.25. The fraction of sp³-hybridized carbons (Fsp3) is 0.538. The molecular weight excluding hydrogens is 273 g/mol. The van der Waals surface area contributed by atoms with Gasteiger partial charge in [-0.05, 0) is 43.7 Å². The highest BCUT2D eigenvalue weighted by Crippen LogP contribution is 2.32. The zero-order valence-corrected chi connectivity index (χ0v) is 12.2. The van der Waals surface area contributed by atoms with E-state index in [0.29, 0.717) is 21.3 Å². The van der Waals surface area contributed by atoms with Crippen LogP contribution in [0.2, 0.25) is 10.0 Å². The highest BCUT2D eigenvalue weighted by molar-refractivity contribution is 8.00. The van der Waals surface area contributed by atoms with Crippen molar-refractivity contribution in [2.75, 3.05) is 12.8 Å². The molecule has 0 aliphatic carbocycles. The first kappa shape index (κ1) is 13.5. The lowest BCUT2D eigenvalue weighted by Gasteiger charge is -2.23. The monoisotopic (exact) mass is 289 g/mol. The van der Waals surface area contributed by atoms with Crippen LogP contribution in [0.4, 0.5) is 0 Å². The summed E-state index contributed by atoms with van der Waals surface area (Å²) < 4.78 is 0. The third kappa shape index (κ3) is 3.31. The molecule has 0 aromatic heterocycles. The number of hydrogen-bond acceptors (Lipinski definition) is 2. The van der Waals surface area contributed by atoms with Gasteiger partial charge in [0.1, 0.15) is 0 Å². The topological polar surface area (TPSA) is 12.0 Å². The predicted molar refractivity (Wildman–Crippen MR) is 78.5 cm³/mol. The van der Waals surface area contributed by atoms with Crippen LogP contribution >= 0.6 is 35.0 Å². The van der Waals surface area contributed by atoms with Crippen molar-refractivity contribution < 1.29 is 0 Å². The van der Waals surface area contributed by atoms with Crippen LogP contribution in [0.15, 0.2) is 18.2 Å². The summed E-state index contributed by atoms with van der Waals surface area (Å²) in [6, 6.07) is 6.36. The normalized spacial score (nSPS) is 21.7. The number of nitrogens with one attached hydrogen (secondary N) is 1. The van der Waals surface area contributed by atoms with E-state index in [0.717, 1.165) is 12.0 Å². The molecule has 17 heavy (non-hydrogen) atoms. The fourth-order valence-corrected chi connectivity index (χ4v) is 4.11. The van der Waals surface area contributed by atoms with Gasteiger partial charge in [-0.2, -0.15) is 11.8 Å². The second kappa shape index (κ2) is 6.33. The smallest absolute Gasteiger partial charge is 0.0624 e. The molecule has 2 atom stereocenters. The molecule has 4 heteroatoms. The number of halogens is 2. The number of likely N-dealkylation sites (N-methyl/N-ethyl adjacent to an activating group) is 1. The summed E-state index contributed by atoms with van der Waals surface area (Å²) in [6.07, 6.45) is 3.58. The Morgan fingerprint density at radius 1 is 1.47 bits per heavy atom. The zero-order valence-electron chi connectivity index (χ0n) is 9.88. The molecule has 1 nitrogen and oxygen atoms in total. The zero-order chi connectivity index (χ0) is 12.3. The second-order valence-corrected chi connectivity index (χ2v) is 6.50. The van der Waals surface area contributed by atoms with Gasteiger partial charge >= 0.3 is 0 Å². The molecule has 1 aliphatic rings.